The van der Waals surface area contributed by atoms with Gasteiger partial charge in [-0.2, -0.15) is 0 Å². The molecule has 0 saturated heterocycles. The monoisotopic (exact) mass is 257 g/mol. The van der Waals surface area contributed by atoms with Gasteiger partial charge in [-0.25, -0.2) is 0 Å². The minimum Gasteiger partial charge on any atom is -0.468 e. The summed E-state index contributed by atoms with van der Waals surface area (Å²) >= 11 is 0. The van der Waals surface area contributed by atoms with Crippen LogP contribution >= 0.6 is 0 Å². The van der Waals surface area contributed by atoms with Crippen molar-refractivity contribution in [2.24, 2.45) is 0 Å². The summed E-state index contributed by atoms with van der Waals surface area (Å²) in [7, 11) is 1.43. The molecule has 4 heteroatoms. The second-order valence-corrected chi connectivity index (χ2v) is 5.65. The van der Waals surface area contributed by atoms with Crippen molar-refractivity contribution in [3.63, 3.8) is 0 Å². The first-order valence-corrected chi connectivity index (χ1v) is 6.95. The van der Waals surface area contributed by atoms with Crippen molar-refractivity contribution in [2.45, 2.75) is 70.6 Å². The molecule has 0 heterocycles. The summed E-state index contributed by atoms with van der Waals surface area (Å²) < 4.78 is 10.7. The van der Waals surface area contributed by atoms with Crippen molar-refractivity contribution in [1.82, 2.24) is 5.32 Å². The van der Waals surface area contributed by atoms with Gasteiger partial charge in [0.15, 0.2) is 0 Å². The second-order valence-electron chi connectivity index (χ2n) is 5.65. The first kappa shape index (κ1) is 15.4. The molecule has 0 aromatic heterocycles. The van der Waals surface area contributed by atoms with Crippen LogP contribution in [-0.2, 0) is 14.3 Å². The summed E-state index contributed by atoms with van der Waals surface area (Å²) in [5, 5.41) is 3.28. The lowest BCUT2D eigenvalue weighted by Crippen LogP contribution is -2.53. The molecule has 1 aliphatic carbocycles. The van der Waals surface area contributed by atoms with Crippen molar-refractivity contribution in [3.05, 3.63) is 0 Å². The quantitative estimate of drug-likeness (QED) is 0.711. The molecule has 1 unspecified atom stereocenters. The van der Waals surface area contributed by atoms with E-state index in [4.69, 9.17) is 9.47 Å². The lowest BCUT2D eigenvalue weighted by molar-refractivity contribution is -0.149. The predicted octanol–water partition coefficient (Wildman–Crippen LogP) is 2.27. The molecule has 1 fully saturated rings. The summed E-state index contributed by atoms with van der Waals surface area (Å²) in [6.07, 6.45) is 5.89. The molecule has 0 spiro atoms. The van der Waals surface area contributed by atoms with Crippen LogP contribution in [0.25, 0.3) is 0 Å². The van der Waals surface area contributed by atoms with E-state index in [1.54, 1.807) is 0 Å². The Labute approximate surface area is 110 Å². The van der Waals surface area contributed by atoms with Crippen LogP contribution in [0, 0.1) is 0 Å². The van der Waals surface area contributed by atoms with Gasteiger partial charge < -0.3 is 9.47 Å². The van der Waals surface area contributed by atoms with Crippen molar-refractivity contribution in [1.29, 1.82) is 0 Å². The SMILES string of the molecule is COC(=O)C(C)(CCOC1CCCC1)NC(C)C. The van der Waals surface area contributed by atoms with Crippen LogP contribution in [0.5, 0.6) is 0 Å². The summed E-state index contributed by atoms with van der Waals surface area (Å²) in [6, 6.07) is 0.237. The number of hydrogen-bond donors (Lipinski definition) is 1. The highest BCUT2D eigenvalue weighted by molar-refractivity contribution is 5.80. The fourth-order valence-electron chi connectivity index (χ4n) is 2.58. The highest BCUT2D eigenvalue weighted by Crippen LogP contribution is 2.22. The predicted molar refractivity (Wildman–Crippen MR) is 71.5 cm³/mol. The molecule has 1 aliphatic rings. The van der Waals surface area contributed by atoms with Crippen LogP contribution in [-0.4, -0.2) is 37.4 Å². The van der Waals surface area contributed by atoms with Crippen LogP contribution in [0.4, 0.5) is 0 Å². The molecule has 1 atom stereocenters. The fourth-order valence-corrected chi connectivity index (χ4v) is 2.58. The second kappa shape index (κ2) is 7.10. The van der Waals surface area contributed by atoms with E-state index < -0.39 is 5.54 Å². The first-order chi connectivity index (χ1) is 8.48. The van der Waals surface area contributed by atoms with Gasteiger partial charge in [-0.1, -0.05) is 12.8 Å². The zero-order valence-corrected chi connectivity index (χ0v) is 12.1. The standard InChI is InChI=1S/C14H27NO3/c1-11(2)15-14(3,13(16)17-4)9-10-18-12-7-5-6-8-12/h11-12,15H,5-10H2,1-4H3. The Kier molecular flexibility index (Phi) is 6.09. The van der Waals surface area contributed by atoms with E-state index in [-0.39, 0.29) is 12.0 Å². The van der Waals surface area contributed by atoms with E-state index >= 15 is 0 Å². The molecule has 0 bridgehead atoms. The third kappa shape index (κ3) is 4.58. The number of rotatable bonds is 7. The van der Waals surface area contributed by atoms with Gasteiger partial charge in [-0.3, -0.25) is 10.1 Å². The molecule has 1 rings (SSSR count). The van der Waals surface area contributed by atoms with Gasteiger partial charge in [0, 0.05) is 12.6 Å². The number of hydrogen-bond acceptors (Lipinski definition) is 4. The van der Waals surface area contributed by atoms with Crippen molar-refractivity contribution < 1.29 is 14.3 Å². The summed E-state index contributed by atoms with van der Waals surface area (Å²) in [6.45, 7) is 6.55. The van der Waals surface area contributed by atoms with E-state index in [0.717, 1.165) is 12.8 Å². The fraction of sp³-hybridized carbons (Fsp3) is 0.929. The van der Waals surface area contributed by atoms with Crippen LogP contribution in [0.15, 0.2) is 0 Å². The number of ether oxygens (including phenoxy) is 2. The maximum atomic E-state index is 11.9. The molecule has 0 amide bonds. The van der Waals surface area contributed by atoms with Gasteiger partial charge in [0.1, 0.15) is 5.54 Å². The van der Waals surface area contributed by atoms with Crippen LogP contribution in [0.2, 0.25) is 0 Å². The normalized spacial score (nSPS) is 20.1. The van der Waals surface area contributed by atoms with E-state index in [1.807, 2.05) is 20.8 Å². The Morgan fingerprint density at radius 2 is 2.00 bits per heavy atom. The van der Waals surface area contributed by atoms with Gasteiger partial charge in [-0.05, 0) is 40.0 Å². The number of carbonyl (C=O) groups is 1. The number of nitrogens with one attached hydrogen (secondary N) is 1. The smallest absolute Gasteiger partial charge is 0.325 e. The van der Waals surface area contributed by atoms with Gasteiger partial charge in [0.2, 0.25) is 0 Å². The van der Waals surface area contributed by atoms with Gasteiger partial charge in [0.05, 0.1) is 13.2 Å². The average Bonchev–Trinajstić information content (AvgIpc) is 2.80. The van der Waals surface area contributed by atoms with Crippen molar-refractivity contribution >= 4 is 5.97 Å². The minimum atomic E-state index is -0.651. The topological polar surface area (TPSA) is 47.6 Å². The summed E-state index contributed by atoms with van der Waals surface area (Å²) in [4.78, 5) is 11.9. The molecule has 106 valence electrons. The van der Waals surface area contributed by atoms with Gasteiger partial charge >= 0.3 is 5.97 Å². The molecule has 1 saturated carbocycles. The maximum Gasteiger partial charge on any atom is 0.325 e. The zero-order valence-electron chi connectivity index (χ0n) is 12.1. The number of methoxy groups -OCH3 is 1. The molecule has 0 aromatic carbocycles. The Bertz CT molecular complexity index is 262. The third-order valence-electron chi connectivity index (χ3n) is 3.50. The van der Waals surface area contributed by atoms with Crippen molar-refractivity contribution in [3.8, 4) is 0 Å². The third-order valence-corrected chi connectivity index (χ3v) is 3.50. The maximum absolute atomic E-state index is 11.9. The summed E-state index contributed by atoms with van der Waals surface area (Å²) in [5.41, 5.74) is -0.651. The summed E-state index contributed by atoms with van der Waals surface area (Å²) in [5.74, 6) is -0.216. The molecular formula is C14H27NO3. The van der Waals surface area contributed by atoms with Crippen LogP contribution in [0.1, 0.15) is 52.9 Å². The van der Waals surface area contributed by atoms with E-state index in [2.05, 4.69) is 5.32 Å². The van der Waals surface area contributed by atoms with Crippen molar-refractivity contribution in [2.75, 3.05) is 13.7 Å². The first-order valence-electron chi connectivity index (χ1n) is 6.95. The highest BCUT2D eigenvalue weighted by atomic mass is 16.5. The Morgan fingerprint density at radius 1 is 1.39 bits per heavy atom. The molecule has 0 aliphatic heterocycles. The van der Waals surface area contributed by atoms with E-state index in [1.165, 1.54) is 20.0 Å². The zero-order chi connectivity index (χ0) is 13.6. The molecular weight excluding hydrogens is 230 g/mol. The van der Waals surface area contributed by atoms with E-state index in [9.17, 15) is 4.79 Å². The highest BCUT2D eigenvalue weighted by Gasteiger charge is 2.34. The van der Waals surface area contributed by atoms with Gasteiger partial charge in [0.25, 0.3) is 0 Å². The Balaban J connectivity index is 2.42. The number of carbonyl (C=O) groups excluding carboxylic acids is 1. The molecule has 0 radical (unpaired) electrons. The molecule has 4 nitrogen and oxygen atoms in total. The minimum absolute atomic E-state index is 0.216. The lowest BCUT2D eigenvalue weighted by atomic mass is 9.97. The largest absolute Gasteiger partial charge is 0.468 e. The average molecular weight is 257 g/mol. The molecule has 18 heavy (non-hydrogen) atoms. The lowest BCUT2D eigenvalue weighted by Gasteiger charge is -2.30. The van der Waals surface area contributed by atoms with Gasteiger partial charge in [-0.15, -0.1) is 0 Å². The molecule has 1 N–H and O–H groups in total. The van der Waals surface area contributed by atoms with Crippen LogP contribution in [0.3, 0.4) is 0 Å². The number of esters is 1. The van der Waals surface area contributed by atoms with E-state index in [0.29, 0.717) is 19.1 Å². The molecule has 0 aromatic rings. The van der Waals surface area contributed by atoms with Crippen LogP contribution < -0.4 is 5.32 Å². The Hall–Kier alpha value is -0.610. The Morgan fingerprint density at radius 3 is 2.50 bits per heavy atom.